The zero-order valence-corrected chi connectivity index (χ0v) is 13.3. The molecule has 20 heavy (non-hydrogen) atoms. The largest absolute Gasteiger partial charge is 0.384 e. The maximum absolute atomic E-state index is 12.3. The van der Waals surface area contributed by atoms with Crippen LogP contribution in [0.5, 0.6) is 0 Å². The van der Waals surface area contributed by atoms with Crippen LogP contribution in [0.15, 0.2) is 24.3 Å². The van der Waals surface area contributed by atoms with E-state index in [-0.39, 0.29) is 17.0 Å². The summed E-state index contributed by atoms with van der Waals surface area (Å²) >= 11 is 0. The Morgan fingerprint density at radius 2 is 1.95 bits per heavy atom. The number of hydrogen-bond acceptors (Lipinski definition) is 3. The van der Waals surface area contributed by atoms with E-state index >= 15 is 0 Å². The van der Waals surface area contributed by atoms with Gasteiger partial charge in [0.25, 0.3) is 0 Å². The van der Waals surface area contributed by atoms with Crippen LogP contribution >= 0.6 is 0 Å². The van der Waals surface area contributed by atoms with Crippen LogP contribution in [-0.2, 0) is 10.0 Å². The van der Waals surface area contributed by atoms with Gasteiger partial charge in [-0.25, -0.2) is 8.42 Å². The Kier molecular flexibility index (Phi) is 4.81. The first-order valence-corrected chi connectivity index (χ1v) is 8.05. The van der Waals surface area contributed by atoms with Gasteiger partial charge in [0.1, 0.15) is 5.84 Å². The van der Waals surface area contributed by atoms with Gasteiger partial charge in [0, 0.05) is 12.6 Å². The first-order valence-electron chi connectivity index (χ1n) is 6.44. The average Bonchev–Trinajstić information content (AvgIpc) is 2.35. The Labute approximate surface area is 121 Å². The molecule has 5 nitrogen and oxygen atoms in total. The molecule has 1 rings (SSSR count). The van der Waals surface area contributed by atoms with Gasteiger partial charge in [-0.05, 0) is 24.0 Å². The molecule has 1 aromatic carbocycles. The summed E-state index contributed by atoms with van der Waals surface area (Å²) in [5.41, 5.74) is 6.42. The highest BCUT2D eigenvalue weighted by atomic mass is 32.2. The van der Waals surface area contributed by atoms with Crippen molar-refractivity contribution in [2.45, 2.75) is 27.2 Å². The maximum atomic E-state index is 12.3. The summed E-state index contributed by atoms with van der Waals surface area (Å²) in [4.78, 5) is 0. The molecular formula is C14H23N3O2S. The van der Waals surface area contributed by atoms with Crippen LogP contribution in [0.4, 0.5) is 5.69 Å². The number of nitrogen functional groups attached to an aromatic ring is 1. The molecule has 0 spiro atoms. The van der Waals surface area contributed by atoms with Gasteiger partial charge in [-0.1, -0.05) is 32.9 Å². The summed E-state index contributed by atoms with van der Waals surface area (Å²) in [6.07, 6.45) is 0.589. The molecule has 0 fully saturated rings. The van der Waals surface area contributed by atoms with Crippen molar-refractivity contribution in [3.63, 3.8) is 0 Å². The van der Waals surface area contributed by atoms with Gasteiger partial charge in [-0.15, -0.1) is 0 Å². The Hall–Kier alpha value is -1.56. The molecular weight excluding hydrogens is 274 g/mol. The lowest BCUT2D eigenvalue weighted by molar-refractivity contribution is 0.397. The Morgan fingerprint density at radius 1 is 1.35 bits per heavy atom. The second-order valence-electron chi connectivity index (χ2n) is 6.06. The number of benzene rings is 1. The van der Waals surface area contributed by atoms with Crippen molar-refractivity contribution in [1.82, 2.24) is 0 Å². The van der Waals surface area contributed by atoms with Crippen molar-refractivity contribution in [3.05, 3.63) is 29.8 Å². The highest BCUT2D eigenvalue weighted by molar-refractivity contribution is 7.92. The third-order valence-corrected chi connectivity index (χ3v) is 4.81. The fourth-order valence-electron chi connectivity index (χ4n) is 1.60. The first kappa shape index (κ1) is 16.5. The molecule has 1 aromatic rings. The van der Waals surface area contributed by atoms with Gasteiger partial charge in [-0.3, -0.25) is 9.71 Å². The van der Waals surface area contributed by atoms with Crippen LogP contribution in [0.3, 0.4) is 0 Å². The number of nitrogens with zero attached hydrogens (tertiary/aromatic N) is 1. The molecule has 3 N–H and O–H groups in total. The molecule has 0 aliphatic rings. The van der Waals surface area contributed by atoms with Gasteiger partial charge in [0.05, 0.1) is 11.4 Å². The summed E-state index contributed by atoms with van der Waals surface area (Å²) in [7, 11) is -1.84. The molecule has 0 atom stereocenters. The SMILES string of the molecule is CN(c1cccc(C(=N)N)c1)S(=O)(=O)CCC(C)(C)C. The standard InChI is InChI=1S/C14H23N3O2S/c1-14(2,3)8-9-20(18,19)17(4)12-7-5-6-11(10-12)13(15)16/h5-7,10H,8-9H2,1-4H3,(H3,15,16). The van der Waals surface area contributed by atoms with E-state index in [1.54, 1.807) is 24.3 Å². The molecule has 0 bridgehead atoms. The van der Waals surface area contributed by atoms with E-state index in [2.05, 4.69) is 0 Å². The number of amidine groups is 1. The first-order chi connectivity index (χ1) is 9.03. The van der Waals surface area contributed by atoms with Crippen molar-refractivity contribution >= 4 is 21.5 Å². The Bertz CT molecular complexity index is 589. The number of nitrogens with two attached hydrogens (primary N) is 1. The number of anilines is 1. The summed E-state index contributed by atoms with van der Waals surface area (Å²) in [6.45, 7) is 6.04. The summed E-state index contributed by atoms with van der Waals surface area (Å²) < 4.78 is 25.9. The van der Waals surface area contributed by atoms with E-state index in [0.717, 1.165) is 0 Å². The fourth-order valence-corrected chi connectivity index (χ4v) is 3.18. The van der Waals surface area contributed by atoms with E-state index in [9.17, 15) is 8.42 Å². The Morgan fingerprint density at radius 3 is 2.45 bits per heavy atom. The predicted octanol–water partition coefficient (Wildman–Crippen LogP) is 2.17. The second kappa shape index (κ2) is 5.83. The van der Waals surface area contributed by atoms with Crippen LogP contribution in [0.25, 0.3) is 0 Å². The zero-order valence-electron chi connectivity index (χ0n) is 12.5. The van der Waals surface area contributed by atoms with Crippen molar-refractivity contribution in [2.24, 2.45) is 11.1 Å². The zero-order chi connectivity index (χ0) is 15.6. The minimum atomic E-state index is -3.37. The number of hydrogen-bond donors (Lipinski definition) is 2. The van der Waals surface area contributed by atoms with Crippen LogP contribution in [0.1, 0.15) is 32.8 Å². The van der Waals surface area contributed by atoms with Gasteiger partial charge < -0.3 is 5.73 Å². The van der Waals surface area contributed by atoms with Crippen LogP contribution in [0, 0.1) is 10.8 Å². The maximum Gasteiger partial charge on any atom is 0.234 e. The molecule has 112 valence electrons. The summed E-state index contributed by atoms with van der Waals surface area (Å²) in [5, 5.41) is 7.40. The molecule has 0 heterocycles. The molecule has 0 aromatic heterocycles. The molecule has 0 unspecified atom stereocenters. The molecule has 0 radical (unpaired) electrons. The normalized spacial score (nSPS) is 12.2. The van der Waals surface area contributed by atoms with Crippen LogP contribution in [-0.4, -0.2) is 27.1 Å². The van der Waals surface area contributed by atoms with E-state index in [1.807, 2.05) is 20.8 Å². The summed E-state index contributed by atoms with van der Waals surface area (Å²) in [6, 6.07) is 6.68. The minimum Gasteiger partial charge on any atom is -0.384 e. The molecule has 6 heteroatoms. The Balaban J connectivity index is 2.96. The number of rotatable bonds is 5. The van der Waals surface area contributed by atoms with E-state index in [4.69, 9.17) is 11.1 Å². The third-order valence-electron chi connectivity index (χ3n) is 3.05. The van der Waals surface area contributed by atoms with E-state index in [1.165, 1.54) is 11.4 Å². The lowest BCUT2D eigenvalue weighted by Gasteiger charge is -2.23. The van der Waals surface area contributed by atoms with E-state index < -0.39 is 10.0 Å². The second-order valence-corrected chi connectivity index (χ2v) is 8.18. The van der Waals surface area contributed by atoms with Crippen molar-refractivity contribution < 1.29 is 8.42 Å². The molecule has 0 aliphatic carbocycles. The van der Waals surface area contributed by atoms with Gasteiger partial charge in [0.2, 0.25) is 10.0 Å². The van der Waals surface area contributed by atoms with E-state index in [0.29, 0.717) is 17.7 Å². The van der Waals surface area contributed by atoms with Crippen LogP contribution < -0.4 is 10.0 Å². The van der Waals surface area contributed by atoms with Gasteiger partial charge >= 0.3 is 0 Å². The molecule has 0 saturated carbocycles. The number of nitrogens with one attached hydrogen (secondary N) is 1. The predicted molar refractivity (Wildman–Crippen MR) is 83.7 cm³/mol. The molecule has 0 saturated heterocycles. The van der Waals surface area contributed by atoms with Crippen molar-refractivity contribution in [3.8, 4) is 0 Å². The average molecular weight is 297 g/mol. The van der Waals surface area contributed by atoms with Crippen molar-refractivity contribution in [2.75, 3.05) is 17.1 Å². The quantitative estimate of drug-likeness (QED) is 0.645. The van der Waals surface area contributed by atoms with Gasteiger partial charge in [-0.2, -0.15) is 0 Å². The smallest absolute Gasteiger partial charge is 0.234 e. The van der Waals surface area contributed by atoms with Crippen LogP contribution in [0.2, 0.25) is 0 Å². The lowest BCUT2D eigenvalue weighted by Crippen LogP contribution is -2.30. The topological polar surface area (TPSA) is 87.2 Å². The molecule has 0 aliphatic heterocycles. The third kappa shape index (κ3) is 4.52. The fraction of sp³-hybridized carbons (Fsp3) is 0.500. The highest BCUT2D eigenvalue weighted by Crippen LogP contribution is 2.23. The lowest BCUT2D eigenvalue weighted by atomic mass is 9.94. The minimum absolute atomic E-state index is 0.0326. The number of sulfonamides is 1. The highest BCUT2D eigenvalue weighted by Gasteiger charge is 2.22. The summed E-state index contributed by atoms with van der Waals surface area (Å²) in [5.74, 6) is 0.0180. The molecule has 0 amide bonds. The van der Waals surface area contributed by atoms with Gasteiger partial charge in [0.15, 0.2) is 0 Å². The monoisotopic (exact) mass is 297 g/mol. The van der Waals surface area contributed by atoms with Crippen molar-refractivity contribution in [1.29, 1.82) is 5.41 Å².